The highest BCUT2D eigenvalue weighted by molar-refractivity contribution is 7.89. The summed E-state index contributed by atoms with van der Waals surface area (Å²) >= 11 is 0. The van der Waals surface area contributed by atoms with Crippen LogP contribution in [-0.2, 0) is 24.4 Å². The van der Waals surface area contributed by atoms with Crippen molar-refractivity contribution < 1.29 is 22.8 Å². The van der Waals surface area contributed by atoms with Crippen LogP contribution in [-0.4, -0.2) is 55.0 Å². The van der Waals surface area contributed by atoms with E-state index in [-0.39, 0.29) is 35.1 Å². The standard InChI is InChI=1S/C20H25N3O5S/c1-3-22(4-2)29(27,28)15-11-9-14(10-12-15)21-18(24)13-23-19(25)16-7-5-6-8-17(16)20(23)26/h5-6,9-12,16-17H,3-4,7-8,13H2,1-2H3,(H,21,24)/t16-,17-/m0/s1. The first-order chi connectivity index (χ1) is 13.8. The van der Waals surface area contributed by atoms with Crippen LogP contribution < -0.4 is 5.32 Å². The second-order valence-corrected chi connectivity index (χ2v) is 9.02. The molecule has 0 saturated carbocycles. The van der Waals surface area contributed by atoms with E-state index in [2.05, 4.69) is 5.32 Å². The maximum Gasteiger partial charge on any atom is 0.244 e. The van der Waals surface area contributed by atoms with Gasteiger partial charge in [-0.1, -0.05) is 26.0 Å². The molecule has 0 spiro atoms. The highest BCUT2D eigenvalue weighted by Crippen LogP contribution is 2.34. The number of fused-ring (bicyclic) bond motifs is 1. The SMILES string of the molecule is CCN(CC)S(=O)(=O)c1ccc(NC(=O)CN2C(=O)[C@H]3CC=CC[C@@H]3C2=O)cc1. The number of hydrogen-bond donors (Lipinski definition) is 1. The van der Waals surface area contributed by atoms with Crippen LogP contribution in [0.5, 0.6) is 0 Å². The zero-order chi connectivity index (χ0) is 21.2. The Kier molecular flexibility index (Phi) is 6.18. The number of imide groups is 1. The van der Waals surface area contributed by atoms with Gasteiger partial charge in [-0.25, -0.2) is 8.42 Å². The highest BCUT2D eigenvalue weighted by Gasteiger charge is 2.47. The average molecular weight is 420 g/mol. The van der Waals surface area contributed by atoms with E-state index in [4.69, 9.17) is 0 Å². The number of benzene rings is 1. The van der Waals surface area contributed by atoms with E-state index in [1.807, 2.05) is 12.2 Å². The molecule has 1 fully saturated rings. The molecule has 0 bridgehead atoms. The smallest absolute Gasteiger partial charge is 0.244 e. The summed E-state index contributed by atoms with van der Waals surface area (Å²) in [4.78, 5) is 38.4. The maximum absolute atomic E-state index is 12.5. The molecule has 1 aromatic rings. The number of amides is 3. The molecule has 1 N–H and O–H groups in total. The summed E-state index contributed by atoms with van der Waals surface area (Å²) in [5, 5.41) is 2.62. The largest absolute Gasteiger partial charge is 0.325 e. The van der Waals surface area contributed by atoms with Crippen molar-refractivity contribution in [1.29, 1.82) is 0 Å². The molecule has 1 aromatic carbocycles. The Morgan fingerprint density at radius 1 is 1.03 bits per heavy atom. The van der Waals surface area contributed by atoms with Gasteiger partial charge >= 0.3 is 0 Å². The Hall–Kier alpha value is -2.52. The molecule has 1 saturated heterocycles. The number of rotatable bonds is 7. The summed E-state index contributed by atoms with van der Waals surface area (Å²) in [6.07, 6.45) is 4.83. The number of nitrogens with one attached hydrogen (secondary N) is 1. The number of sulfonamides is 1. The van der Waals surface area contributed by atoms with E-state index in [0.29, 0.717) is 31.6 Å². The van der Waals surface area contributed by atoms with Crippen molar-refractivity contribution in [2.45, 2.75) is 31.6 Å². The van der Waals surface area contributed by atoms with Crippen molar-refractivity contribution in [3.05, 3.63) is 36.4 Å². The number of anilines is 1. The number of hydrogen-bond acceptors (Lipinski definition) is 5. The van der Waals surface area contributed by atoms with Gasteiger partial charge in [0.25, 0.3) is 0 Å². The zero-order valence-corrected chi connectivity index (χ0v) is 17.3. The topological polar surface area (TPSA) is 104 Å². The van der Waals surface area contributed by atoms with Crippen molar-refractivity contribution in [2.75, 3.05) is 25.0 Å². The van der Waals surface area contributed by atoms with Gasteiger partial charge in [0.15, 0.2) is 0 Å². The molecule has 2 aliphatic rings. The lowest BCUT2D eigenvalue weighted by Gasteiger charge is -2.18. The number of carbonyl (C=O) groups excluding carboxylic acids is 3. The van der Waals surface area contributed by atoms with Crippen LogP contribution in [0.1, 0.15) is 26.7 Å². The number of allylic oxidation sites excluding steroid dienone is 2. The Bertz CT molecular complexity index is 909. The molecule has 156 valence electrons. The van der Waals surface area contributed by atoms with Crippen LogP contribution in [0.15, 0.2) is 41.3 Å². The van der Waals surface area contributed by atoms with Crippen molar-refractivity contribution >= 4 is 33.4 Å². The summed E-state index contributed by atoms with van der Waals surface area (Å²) in [5.41, 5.74) is 0.395. The van der Waals surface area contributed by atoms with Gasteiger partial charge in [-0.15, -0.1) is 0 Å². The van der Waals surface area contributed by atoms with Gasteiger partial charge in [0.2, 0.25) is 27.7 Å². The third-order valence-corrected chi connectivity index (χ3v) is 7.45. The Morgan fingerprint density at radius 3 is 2.03 bits per heavy atom. The van der Waals surface area contributed by atoms with E-state index in [0.717, 1.165) is 4.90 Å². The monoisotopic (exact) mass is 419 g/mol. The van der Waals surface area contributed by atoms with Crippen LogP contribution in [0, 0.1) is 11.8 Å². The molecule has 3 amide bonds. The summed E-state index contributed by atoms with van der Waals surface area (Å²) < 4.78 is 26.4. The summed E-state index contributed by atoms with van der Waals surface area (Å²) in [6, 6.07) is 5.84. The fraction of sp³-hybridized carbons (Fsp3) is 0.450. The predicted octanol–water partition coefficient (Wildman–Crippen LogP) is 1.61. The predicted molar refractivity (Wildman–Crippen MR) is 107 cm³/mol. The van der Waals surface area contributed by atoms with Crippen molar-refractivity contribution in [3.63, 3.8) is 0 Å². The Morgan fingerprint density at radius 2 is 1.55 bits per heavy atom. The third kappa shape index (κ3) is 4.11. The van der Waals surface area contributed by atoms with Crippen molar-refractivity contribution in [1.82, 2.24) is 9.21 Å². The van der Waals surface area contributed by atoms with E-state index < -0.39 is 15.9 Å². The number of likely N-dealkylation sites (tertiary alicyclic amines) is 1. The van der Waals surface area contributed by atoms with Gasteiger partial charge in [-0.3, -0.25) is 19.3 Å². The molecule has 0 aromatic heterocycles. The first-order valence-corrected chi connectivity index (χ1v) is 11.1. The number of nitrogens with zero attached hydrogens (tertiary/aromatic N) is 2. The molecule has 0 radical (unpaired) electrons. The fourth-order valence-electron chi connectivity index (χ4n) is 3.79. The molecule has 29 heavy (non-hydrogen) atoms. The second kappa shape index (κ2) is 8.46. The van der Waals surface area contributed by atoms with Crippen LogP contribution in [0.2, 0.25) is 0 Å². The molecule has 8 nitrogen and oxygen atoms in total. The summed E-state index contributed by atoms with van der Waals surface area (Å²) in [7, 11) is -3.57. The molecular weight excluding hydrogens is 394 g/mol. The quantitative estimate of drug-likeness (QED) is 0.534. The van der Waals surface area contributed by atoms with E-state index in [1.54, 1.807) is 13.8 Å². The normalized spacial score (nSPS) is 21.6. The average Bonchev–Trinajstić information content (AvgIpc) is 2.94. The highest BCUT2D eigenvalue weighted by atomic mass is 32.2. The van der Waals surface area contributed by atoms with Gasteiger partial charge in [0, 0.05) is 18.8 Å². The molecule has 3 rings (SSSR count). The van der Waals surface area contributed by atoms with Gasteiger partial charge in [0.1, 0.15) is 6.54 Å². The maximum atomic E-state index is 12.5. The van der Waals surface area contributed by atoms with Crippen molar-refractivity contribution in [3.8, 4) is 0 Å². The molecule has 1 aliphatic carbocycles. The summed E-state index contributed by atoms with van der Waals surface area (Å²) in [6.45, 7) is 3.93. The second-order valence-electron chi connectivity index (χ2n) is 7.08. The van der Waals surface area contributed by atoms with Crippen LogP contribution in [0.4, 0.5) is 5.69 Å². The molecule has 1 aliphatic heterocycles. The van der Waals surface area contributed by atoms with Crippen molar-refractivity contribution in [2.24, 2.45) is 11.8 Å². The molecular formula is C20H25N3O5S. The fourth-order valence-corrected chi connectivity index (χ4v) is 5.25. The first-order valence-electron chi connectivity index (χ1n) is 9.69. The van der Waals surface area contributed by atoms with E-state index in [1.165, 1.54) is 28.6 Å². The van der Waals surface area contributed by atoms with Crippen LogP contribution in [0.3, 0.4) is 0 Å². The Balaban J connectivity index is 1.64. The lowest BCUT2D eigenvalue weighted by molar-refractivity contribution is -0.142. The van der Waals surface area contributed by atoms with E-state index in [9.17, 15) is 22.8 Å². The van der Waals surface area contributed by atoms with Crippen LogP contribution >= 0.6 is 0 Å². The van der Waals surface area contributed by atoms with Gasteiger partial charge in [-0.05, 0) is 37.1 Å². The molecule has 0 unspecified atom stereocenters. The van der Waals surface area contributed by atoms with Crippen LogP contribution in [0.25, 0.3) is 0 Å². The van der Waals surface area contributed by atoms with Gasteiger partial charge < -0.3 is 5.32 Å². The minimum atomic E-state index is -3.57. The lowest BCUT2D eigenvalue weighted by Crippen LogP contribution is -2.38. The van der Waals surface area contributed by atoms with E-state index >= 15 is 0 Å². The zero-order valence-electron chi connectivity index (χ0n) is 16.5. The molecule has 2 atom stereocenters. The van der Waals surface area contributed by atoms with Gasteiger partial charge in [-0.2, -0.15) is 4.31 Å². The third-order valence-electron chi connectivity index (χ3n) is 5.38. The minimum Gasteiger partial charge on any atom is -0.325 e. The van der Waals surface area contributed by atoms with Gasteiger partial charge in [0.05, 0.1) is 16.7 Å². The lowest BCUT2D eigenvalue weighted by atomic mass is 9.85. The summed E-state index contributed by atoms with van der Waals surface area (Å²) in [5.74, 6) is -1.85. The molecule has 9 heteroatoms. The molecule has 1 heterocycles. The number of carbonyl (C=O) groups is 3. The minimum absolute atomic E-state index is 0.140. The Labute approximate surface area is 170 Å². The first kappa shape index (κ1) is 21.2.